The minimum atomic E-state index is -0.363. The first-order valence-corrected chi connectivity index (χ1v) is 6.15. The van der Waals surface area contributed by atoms with Gasteiger partial charge in [-0.2, -0.15) is 0 Å². The van der Waals surface area contributed by atoms with Crippen molar-refractivity contribution in [2.75, 3.05) is 13.1 Å². The van der Waals surface area contributed by atoms with Gasteiger partial charge in [-0.1, -0.05) is 5.21 Å². The Morgan fingerprint density at radius 1 is 1.72 bits per heavy atom. The fourth-order valence-corrected chi connectivity index (χ4v) is 2.16. The summed E-state index contributed by atoms with van der Waals surface area (Å²) in [4.78, 5) is 13.8. The van der Waals surface area contributed by atoms with Gasteiger partial charge in [0.15, 0.2) is 0 Å². The van der Waals surface area contributed by atoms with Gasteiger partial charge in [-0.3, -0.25) is 4.79 Å². The van der Waals surface area contributed by atoms with Gasteiger partial charge in [-0.15, -0.1) is 5.10 Å². The van der Waals surface area contributed by atoms with E-state index in [-0.39, 0.29) is 24.5 Å². The normalized spacial score (nSPS) is 21.3. The number of hydrogen-bond acceptors (Lipinski definition) is 5. The van der Waals surface area contributed by atoms with Crippen LogP contribution in [0.5, 0.6) is 0 Å². The molecule has 1 saturated heterocycles. The van der Waals surface area contributed by atoms with Gasteiger partial charge in [0.1, 0.15) is 6.54 Å². The van der Waals surface area contributed by atoms with Crippen LogP contribution < -0.4 is 5.73 Å². The van der Waals surface area contributed by atoms with E-state index >= 15 is 0 Å². The lowest BCUT2D eigenvalue weighted by molar-refractivity contribution is -0.131. The highest BCUT2D eigenvalue weighted by Crippen LogP contribution is 2.19. The van der Waals surface area contributed by atoms with E-state index in [0.717, 1.165) is 6.42 Å². The molecule has 0 aromatic carbocycles. The number of aliphatic hydroxyl groups excluding tert-OH is 1. The van der Waals surface area contributed by atoms with Crippen molar-refractivity contribution in [3.63, 3.8) is 0 Å². The zero-order chi connectivity index (χ0) is 13.1. The van der Waals surface area contributed by atoms with Crippen molar-refractivity contribution in [3.8, 4) is 0 Å². The minimum Gasteiger partial charge on any atom is -0.393 e. The van der Waals surface area contributed by atoms with E-state index < -0.39 is 0 Å². The van der Waals surface area contributed by atoms with Crippen molar-refractivity contribution in [1.29, 1.82) is 0 Å². The van der Waals surface area contributed by atoms with E-state index in [2.05, 4.69) is 10.3 Å². The Labute approximate surface area is 106 Å². The van der Waals surface area contributed by atoms with Crippen LogP contribution in [0.15, 0.2) is 6.20 Å². The van der Waals surface area contributed by atoms with Crippen LogP contribution in [0.3, 0.4) is 0 Å². The summed E-state index contributed by atoms with van der Waals surface area (Å²) in [5, 5.41) is 17.2. The second-order valence-electron chi connectivity index (χ2n) is 4.74. The first-order valence-electron chi connectivity index (χ1n) is 6.15. The average Bonchev–Trinajstić information content (AvgIpc) is 2.97. The van der Waals surface area contributed by atoms with Gasteiger partial charge in [0.05, 0.1) is 18.0 Å². The minimum absolute atomic E-state index is 0.00613. The second kappa shape index (κ2) is 5.45. The summed E-state index contributed by atoms with van der Waals surface area (Å²) in [6, 6.07) is 0. The molecule has 1 aromatic heterocycles. The van der Waals surface area contributed by atoms with E-state index in [4.69, 9.17) is 5.73 Å². The van der Waals surface area contributed by atoms with Gasteiger partial charge in [0.2, 0.25) is 5.91 Å². The lowest BCUT2D eigenvalue weighted by Crippen LogP contribution is -2.33. The number of hydrogen-bond donors (Lipinski definition) is 2. The highest BCUT2D eigenvalue weighted by atomic mass is 16.3. The predicted octanol–water partition coefficient (Wildman–Crippen LogP) is -1.03. The van der Waals surface area contributed by atoms with E-state index in [9.17, 15) is 9.90 Å². The van der Waals surface area contributed by atoms with Crippen molar-refractivity contribution in [2.24, 2.45) is 11.7 Å². The Hall–Kier alpha value is -1.47. The molecular formula is C11H19N5O2. The molecule has 3 N–H and O–H groups in total. The van der Waals surface area contributed by atoms with Crippen LogP contribution in [0.2, 0.25) is 0 Å². The van der Waals surface area contributed by atoms with Gasteiger partial charge in [-0.25, -0.2) is 4.68 Å². The standard InChI is InChI=1S/C11H19N5O2/c1-8(17)9-2-3-15(5-9)11(18)7-16-6-10(4-12)13-14-16/h6,8-9,17H,2-5,7,12H2,1H3. The fourth-order valence-electron chi connectivity index (χ4n) is 2.16. The summed E-state index contributed by atoms with van der Waals surface area (Å²) in [7, 11) is 0. The Balaban J connectivity index is 1.89. The molecule has 100 valence electrons. The first-order chi connectivity index (χ1) is 8.60. The zero-order valence-corrected chi connectivity index (χ0v) is 10.5. The topological polar surface area (TPSA) is 97.3 Å². The monoisotopic (exact) mass is 253 g/mol. The third-order valence-electron chi connectivity index (χ3n) is 3.35. The van der Waals surface area contributed by atoms with Gasteiger partial charge < -0.3 is 15.7 Å². The van der Waals surface area contributed by atoms with E-state index in [0.29, 0.717) is 25.3 Å². The zero-order valence-electron chi connectivity index (χ0n) is 10.5. The molecule has 0 spiro atoms. The molecule has 1 aliphatic rings. The molecule has 2 rings (SSSR count). The fraction of sp³-hybridized carbons (Fsp3) is 0.727. The largest absolute Gasteiger partial charge is 0.393 e. The molecule has 18 heavy (non-hydrogen) atoms. The Kier molecular flexibility index (Phi) is 3.93. The summed E-state index contributed by atoms with van der Waals surface area (Å²) in [5.41, 5.74) is 6.10. The quantitative estimate of drug-likeness (QED) is 0.715. The highest BCUT2D eigenvalue weighted by Gasteiger charge is 2.29. The molecule has 2 atom stereocenters. The molecule has 1 amide bonds. The summed E-state index contributed by atoms with van der Waals surface area (Å²) < 4.78 is 1.50. The Bertz CT molecular complexity index is 417. The molecular weight excluding hydrogens is 234 g/mol. The molecule has 1 fully saturated rings. The maximum absolute atomic E-state index is 12.0. The number of aromatic nitrogens is 3. The molecule has 0 saturated carbocycles. The van der Waals surface area contributed by atoms with Crippen molar-refractivity contribution >= 4 is 5.91 Å². The number of carbonyl (C=O) groups is 1. The van der Waals surface area contributed by atoms with Crippen LogP contribution in [0.25, 0.3) is 0 Å². The van der Waals surface area contributed by atoms with Crippen molar-refractivity contribution < 1.29 is 9.90 Å². The van der Waals surface area contributed by atoms with Crippen LogP contribution in [-0.2, 0) is 17.9 Å². The molecule has 7 heteroatoms. The number of likely N-dealkylation sites (tertiary alicyclic amines) is 1. The van der Waals surface area contributed by atoms with Gasteiger partial charge in [0.25, 0.3) is 0 Å². The SMILES string of the molecule is CC(O)C1CCN(C(=O)Cn2cc(CN)nn2)C1. The Morgan fingerprint density at radius 2 is 2.50 bits per heavy atom. The van der Waals surface area contributed by atoms with Crippen LogP contribution in [0, 0.1) is 5.92 Å². The Morgan fingerprint density at radius 3 is 3.06 bits per heavy atom. The number of nitrogens with two attached hydrogens (primary N) is 1. The number of rotatable bonds is 4. The summed E-state index contributed by atoms with van der Waals surface area (Å²) in [6.45, 7) is 3.59. The summed E-state index contributed by atoms with van der Waals surface area (Å²) in [6.07, 6.45) is 2.17. The maximum atomic E-state index is 12.0. The molecule has 7 nitrogen and oxygen atoms in total. The second-order valence-corrected chi connectivity index (χ2v) is 4.74. The van der Waals surface area contributed by atoms with Gasteiger partial charge >= 0.3 is 0 Å². The smallest absolute Gasteiger partial charge is 0.244 e. The molecule has 1 aliphatic heterocycles. The van der Waals surface area contributed by atoms with E-state index in [1.807, 2.05) is 0 Å². The molecule has 0 aliphatic carbocycles. The van der Waals surface area contributed by atoms with Gasteiger partial charge in [0, 0.05) is 25.6 Å². The van der Waals surface area contributed by atoms with Crippen LogP contribution in [0.4, 0.5) is 0 Å². The third kappa shape index (κ3) is 2.85. The molecule has 0 bridgehead atoms. The van der Waals surface area contributed by atoms with Crippen LogP contribution in [-0.4, -0.2) is 50.1 Å². The van der Waals surface area contributed by atoms with Crippen LogP contribution >= 0.6 is 0 Å². The molecule has 2 unspecified atom stereocenters. The first kappa shape index (κ1) is 13.0. The third-order valence-corrected chi connectivity index (χ3v) is 3.35. The van der Waals surface area contributed by atoms with Crippen molar-refractivity contribution in [2.45, 2.75) is 32.5 Å². The molecule has 2 heterocycles. The average molecular weight is 253 g/mol. The lowest BCUT2D eigenvalue weighted by atomic mass is 10.0. The number of carbonyl (C=O) groups excluding carboxylic acids is 1. The van der Waals surface area contributed by atoms with Gasteiger partial charge in [-0.05, 0) is 13.3 Å². The van der Waals surface area contributed by atoms with E-state index in [1.165, 1.54) is 4.68 Å². The molecule has 1 aromatic rings. The number of amides is 1. The lowest BCUT2D eigenvalue weighted by Gasteiger charge is -2.17. The summed E-state index contributed by atoms with van der Waals surface area (Å²) >= 11 is 0. The highest BCUT2D eigenvalue weighted by molar-refractivity contribution is 5.76. The van der Waals surface area contributed by atoms with Crippen molar-refractivity contribution in [3.05, 3.63) is 11.9 Å². The predicted molar refractivity (Wildman–Crippen MR) is 64.3 cm³/mol. The number of aliphatic hydroxyl groups is 1. The van der Waals surface area contributed by atoms with Crippen LogP contribution in [0.1, 0.15) is 19.0 Å². The van der Waals surface area contributed by atoms with Crippen molar-refractivity contribution in [1.82, 2.24) is 19.9 Å². The maximum Gasteiger partial charge on any atom is 0.244 e. The summed E-state index contributed by atoms with van der Waals surface area (Å²) in [5.74, 6) is 0.191. The number of nitrogens with zero attached hydrogens (tertiary/aromatic N) is 4. The van der Waals surface area contributed by atoms with E-state index in [1.54, 1.807) is 18.0 Å². The molecule has 0 radical (unpaired) electrons.